The van der Waals surface area contributed by atoms with Gasteiger partial charge in [0.15, 0.2) is 6.61 Å². The summed E-state index contributed by atoms with van der Waals surface area (Å²) in [5.41, 5.74) is 1.70. The molecule has 0 aliphatic rings. The highest BCUT2D eigenvalue weighted by Crippen LogP contribution is 2.15. The molecule has 0 saturated heterocycles. The van der Waals surface area contributed by atoms with Crippen molar-refractivity contribution >= 4 is 34.4 Å². The van der Waals surface area contributed by atoms with E-state index in [1.54, 1.807) is 31.3 Å². The van der Waals surface area contributed by atoms with E-state index in [0.717, 1.165) is 16.6 Å². The summed E-state index contributed by atoms with van der Waals surface area (Å²) < 4.78 is 10.7. The molecule has 0 unspecified atom stereocenters. The number of halogens is 1. The van der Waals surface area contributed by atoms with E-state index in [1.165, 1.54) is 4.90 Å². The number of esters is 1. The molecule has 0 radical (unpaired) electrons. The lowest BCUT2D eigenvalue weighted by molar-refractivity contribution is -0.151. The topological polar surface area (TPSA) is 68.7 Å². The average Bonchev–Trinajstić information content (AvgIpc) is 2.77. The van der Waals surface area contributed by atoms with Gasteiger partial charge in [-0.25, -0.2) is 0 Å². The second-order valence-electron chi connectivity index (χ2n) is 6.77. The van der Waals surface area contributed by atoms with Crippen molar-refractivity contribution in [3.63, 3.8) is 0 Å². The number of ether oxygens (including phenoxy) is 2. The summed E-state index contributed by atoms with van der Waals surface area (Å²) in [5, 5.41) is 1.69. The number of carbonyl (C=O) groups excluding carboxylic acids is 2. The second kappa shape index (κ2) is 10.6. The van der Waals surface area contributed by atoms with Gasteiger partial charge in [0.2, 0.25) is 0 Å². The van der Waals surface area contributed by atoms with Gasteiger partial charge in [-0.1, -0.05) is 35.9 Å². The van der Waals surface area contributed by atoms with Gasteiger partial charge in [-0.15, -0.1) is 0 Å². The second-order valence-corrected chi connectivity index (χ2v) is 7.21. The van der Waals surface area contributed by atoms with Gasteiger partial charge in [0, 0.05) is 29.6 Å². The molecule has 1 aromatic heterocycles. The molecular formula is C23H23ClN2O4. The zero-order valence-corrected chi connectivity index (χ0v) is 17.5. The molecule has 0 aliphatic carbocycles. The fourth-order valence-electron chi connectivity index (χ4n) is 2.76. The van der Waals surface area contributed by atoms with Gasteiger partial charge in [-0.2, -0.15) is 0 Å². The van der Waals surface area contributed by atoms with E-state index < -0.39 is 5.97 Å². The fraction of sp³-hybridized carbons (Fsp3) is 0.261. The number of hydrogen-bond donors (Lipinski definition) is 0. The summed E-state index contributed by atoms with van der Waals surface area (Å²) in [6, 6.07) is 18.7. The number of para-hydroxylation sites is 1. The Morgan fingerprint density at radius 2 is 1.80 bits per heavy atom. The summed E-state index contributed by atoms with van der Waals surface area (Å²) in [4.78, 5) is 30.1. The molecule has 3 aromatic rings. The monoisotopic (exact) mass is 426 g/mol. The van der Waals surface area contributed by atoms with Crippen LogP contribution in [0.1, 0.15) is 12.1 Å². The van der Waals surface area contributed by atoms with Crippen LogP contribution in [-0.2, 0) is 20.7 Å². The lowest BCUT2D eigenvalue weighted by Crippen LogP contribution is -2.34. The van der Waals surface area contributed by atoms with Crippen molar-refractivity contribution in [1.82, 2.24) is 9.88 Å². The number of rotatable bonds is 9. The smallest absolute Gasteiger partial charge is 0.306 e. The Kier molecular flexibility index (Phi) is 7.63. The van der Waals surface area contributed by atoms with Crippen LogP contribution < -0.4 is 4.74 Å². The SMILES string of the molecule is CN(CCOc1ccc(Cl)cc1)C(=O)COC(=O)CCc1ccc2ccccc2n1. The molecule has 0 atom stereocenters. The Balaban J connectivity index is 1.35. The van der Waals surface area contributed by atoms with Crippen molar-refractivity contribution in [3.05, 3.63) is 71.4 Å². The summed E-state index contributed by atoms with van der Waals surface area (Å²) in [6.07, 6.45) is 0.630. The third-order valence-electron chi connectivity index (χ3n) is 4.53. The minimum Gasteiger partial charge on any atom is -0.492 e. The molecule has 156 valence electrons. The van der Waals surface area contributed by atoms with E-state index in [2.05, 4.69) is 4.98 Å². The Labute approximate surface area is 180 Å². The zero-order chi connectivity index (χ0) is 21.3. The van der Waals surface area contributed by atoms with Crippen LogP contribution in [0.2, 0.25) is 5.02 Å². The number of likely N-dealkylation sites (N-methyl/N-ethyl adjacent to an activating group) is 1. The molecule has 6 nitrogen and oxygen atoms in total. The van der Waals surface area contributed by atoms with Crippen molar-refractivity contribution in [3.8, 4) is 5.75 Å². The highest BCUT2D eigenvalue weighted by atomic mass is 35.5. The Hall–Kier alpha value is -3.12. The molecule has 0 spiro atoms. The Morgan fingerprint density at radius 3 is 2.60 bits per heavy atom. The number of hydrogen-bond acceptors (Lipinski definition) is 5. The van der Waals surface area contributed by atoms with E-state index in [1.807, 2.05) is 36.4 Å². The first kappa shape index (κ1) is 21.6. The van der Waals surface area contributed by atoms with Gasteiger partial charge < -0.3 is 14.4 Å². The molecular weight excluding hydrogens is 404 g/mol. The van der Waals surface area contributed by atoms with Gasteiger partial charge in [0.1, 0.15) is 12.4 Å². The first-order valence-electron chi connectivity index (χ1n) is 9.64. The molecule has 0 bridgehead atoms. The predicted molar refractivity (Wildman–Crippen MR) is 116 cm³/mol. The van der Waals surface area contributed by atoms with Gasteiger partial charge in [-0.3, -0.25) is 14.6 Å². The highest BCUT2D eigenvalue weighted by Gasteiger charge is 2.12. The molecule has 1 amide bonds. The molecule has 3 rings (SSSR count). The van der Waals surface area contributed by atoms with E-state index in [4.69, 9.17) is 21.1 Å². The first-order chi connectivity index (χ1) is 14.5. The van der Waals surface area contributed by atoms with Gasteiger partial charge >= 0.3 is 5.97 Å². The van der Waals surface area contributed by atoms with Crippen molar-refractivity contribution in [2.45, 2.75) is 12.8 Å². The van der Waals surface area contributed by atoms with E-state index in [0.29, 0.717) is 30.3 Å². The molecule has 2 aromatic carbocycles. The standard InChI is InChI=1S/C23H23ClN2O4/c1-26(14-15-29-20-11-7-18(24)8-12-20)22(27)16-30-23(28)13-10-19-9-6-17-4-2-3-5-21(17)25-19/h2-9,11-12H,10,13-16H2,1H3. The van der Waals surface area contributed by atoms with Gasteiger partial charge in [0.05, 0.1) is 18.5 Å². The third-order valence-corrected chi connectivity index (χ3v) is 4.78. The maximum absolute atomic E-state index is 12.1. The fourth-order valence-corrected chi connectivity index (χ4v) is 2.88. The van der Waals surface area contributed by atoms with E-state index in [9.17, 15) is 9.59 Å². The number of nitrogens with zero attached hydrogens (tertiary/aromatic N) is 2. The number of aryl methyl sites for hydroxylation is 1. The molecule has 0 fully saturated rings. The normalized spacial score (nSPS) is 10.6. The van der Waals surface area contributed by atoms with Crippen LogP contribution in [0.3, 0.4) is 0 Å². The number of fused-ring (bicyclic) bond motifs is 1. The molecule has 30 heavy (non-hydrogen) atoms. The van der Waals surface area contributed by atoms with Crippen molar-refractivity contribution in [2.24, 2.45) is 0 Å². The van der Waals surface area contributed by atoms with Crippen LogP contribution in [0, 0.1) is 0 Å². The number of pyridine rings is 1. The third kappa shape index (κ3) is 6.46. The quantitative estimate of drug-likeness (QED) is 0.485. The molecule has 0 N–H and O–H groups in total. The Bertz CT molecular complexity index is 1010. The van der Waals surface area contributed by atoms with Gasteiger partial charge in [0.25, 0.3) is 5.91 Å². The number of amides is 1. The van der Waals surface area contributed by atoms with Crippen LogP contribution in [0.15, 0.2) is 60.7 Å². The summed E-state index contributed by atoms with van der Waals surface area (Å²) in [5.74, 6) is -0.0371. The predicted octanol–water partition coefficient (Wildman–Crippen LogP) is 3.90. The van der Waals surface area contributed by atoms with Crippen LogP contribution in [-0.4, -0.2) is 48.6 Å². The minimum atomic E-state index is -0.427. The van der Waals surface area contributed by atoms with Crippen LogP contribution in [0.25, 0.3) is 10.9 Å². The molecule has 1 heterocycles. The number of aromatic nitrogens is 1. The van der Waals surface area contributed by atoms with Crippen molar-refractivity contribution in [2.75, 3.05) is 26.8 Å². The van der Waals surface area contributed by atoms with Crippen LogP contribution in [0.4, 0.5) is 0 Å². The van der Waals surface area contributed by atoms with Gasteiger partial charge in [-0.05, 0) is 36.4 Å². The summed E-state index contributed by atoms with van der Waals surface area (Å²) in [6.45, 7) is 0.410. The number of benzene rings is 2. The molecule has 7 heteroatoms. The maximum Gasteiger partial charge on any atom is 0.306 e. The summed E-state index contributed by atoms with van der Waals surface area (Å²) >= 11 is 5.83. The summed E-state index contributed by atoms with van der Waals surface area (Å²) in [7, 11) is 1.64. The van der Waals surface area contributed by atoms with E-state index in [-0.39, 0.29) is 18.9 Å². The van der Waals surface area contributed by atoms with Crippen molar-refractivity contribution in [1.29, 1.82) is 0 Å². The molecule has 0 aliphatic heterocycles. The van der Waals surface area contributed by atoms with E-state index >= 15 is 0 Å². The largest absolute Gasteiger partial charge is 0.492 e. The maximum atomic E-state index is 12.1. The minimum absolute atomic E-state index is 0.169. The highest BCUT2D eigenvalue weighted by molar-refractivity contribution is 6.30. The van der Waals surface area contributed by atoms with Crippen LogP contribution in [0.5, 0.6) is 5.75 Å². The molecule has 0 saturated carbocycles. The lowest BCUT2D eigenvalue weighted by Gasteiger charge is -2.17. The van der Waals surface area contributed by atoms with Crippen molar-refractivity contribution < 1.29 is 19.1 Å². The first-order valence-corrected chi connectivity index (χ1v) is 10.0. The Morgan fingerprint density at radius 1 is 1.03 bits per heavy atom. The number of carbonyl (C=O) groups is 2. The average molecular weight is 427 g/mol. The lowest BCUT2D eigenvalue weighted by atomic mass is 10.1. The zero-order valence-electron chi connectivity index (χ0n) is 16.7. The van der Waals surface area contributed by atoms with Crippen LogP contribution >= 0.6 is 11.6 Å².